The van der Waals surface area contributed by atoms with Crippen LogP contribution in [0.5, 0.6) is 5.75 Å². The Morgan fingerprint density at radius 2 is 2.10 bits per heavy atom. The molecule has 1 atom stereocenters. The average molecular weight is 310 g/mol. The zero-order valence-electron chi connectivity index (χ0n) is 12.1. The summed E-state index contributed by atoms with van der Waals surface area (Å²) in [5, 5.41) is 4.32. The lowest BCUT2D eigenvalue weighted by atomic mass is 10.0. The highest BCUT2D eigenvalue weighted by Gasteiger charge is 2.19. The lowest BCUT2D eigenvalue weighted by Crippen LogP contribution is -2.22. The fraction of sp³-hybridized carbons (Fsp3) is 0.375. The highest BCUT2D eigenvalue weighted by Crippen LogP contribution is 2.35. The number of hydrogen-bond donors (Lipinski definition) is 1. The Balaban J connectivity index is 2.42. The standard InChI is InChI=1S/C16H20ClNOS/c1-4-9-18-16(15-8-5-11(2)20-15)13-10-12(17)6-7-14(13)19-3/h5-8,10,16,18H,4,9H2,1-3H3. The van der Waals surface area contributed by atoms with Gasteiger partial charge in [0.05, 0.1) is 13.2 Å². The van der Waals surface area contributed by atoms with Crippen molar-refractivity contribution in [3.8, 4) is 5.75 Å². The molecule has 2 nitrogen and oxygen atoms in total. The zero-order chi connectivity index (χ0) is 14.5. The Hall–Kier alpha value is -1.03. The van der Waals surface area contributed by atoms with Crippen LogP contribution in [0.1, 0.15) is 34.7 Å². The summed E-state index contributed by atoms with van der Waals surface area (Å²) in [6, 6.07) is 10.2. The van der Waals surface area contributed by atoms with Gasteiger partial charge in [0.2, 0.25) is 0 Å². The number of nitrogens with one attached hydrogen (secondary N) is 1. The molecule has 1 heterocycles. The van der Waals surface area contributed by atoms with E-state index in [1.54, 1.807) is 18.4 Å². The van der Waals surface area contributed by atoms with Crippen molar-refractivity contribution in [3.05, 3.63) is 50.7 Å². The molecule has 1 aromatic heterocycles. The van der Waals surface area contributed by atoms with Gasteiger partial charge < -0.3 is 10.1 Å². The van der Waals surface area contributed by atoms with Gasteiger partial charge in [-0.2, -0.15) is 0 Å². The fourth-order valence-electron chi connectivity index (χ4n) is 2.19. The normalized spacial score (nSPS) is 12.4. The second-order valence-electron chi connectivity index (χ2n) is 4.72. The maximum absolute atomic E-state index is 6.16. The van der Waals surface area contributed by atoms with Gasteiger partial charge in [0.1, 0.15) is 5.75 Å². The summed E-state index contributed by atoms with van der Waals surface area (Å²) < 4.78 is 5.50. The van der Waals surface area contributed by atoms with Crippen LogP contribution >= 0.6 is 22.9 Å². The van der Waals surface area contributed by atoms with Crippen LogP contribution in [0.15, 0.2) is 30.3 Å². The molecule has 0 radical (unpaired) electrons. The molecule has 2 rings (SSSR count). The van der Waals surface area contributed by atoms with Gasteiger partial charge in [-0.15, -0.1) is 11.3 Å². The van der Waals surface area contributed by atoms with E-state index in [2.05, 4.69) is 31.3 Å². The summed E-state index contributed by atoms with van der Waals surface area (Å²) in [7, 11) is 1.70. The van der Waals surface area contributed by atoms with Crippen molar-refractivity contribution in [2.75, 3.05) is 13.7 Å². The van der Waals surface area contributed by atoms with Gasteiger partial charge in [-0.3, -0.25) is 0 Å². The molecular weight excluding hydrogens is 290 g/mol. The van der Waals surface area contributed by atoms with E-state index in [1.165, 1.54) is 9.75 Å². The molecule has 0 bridgehead atoms. The van der Waals surface area contributed by atoms with Gasteiger partial charge >= 0.3 is 0 Å². The third-order valence-electron chi connectivity index (χ3n) is 3.15. The molecule has 2 aromatic rings. The monoisotopic (exact) mass is 309 g/mol. The van der Waals surface area contributed by atoms with Crippen LogP contribution in [-0.4, -0.2) is 13.7 Å². The molecule has 0 fully saturated rings. The van der Waals surface area contributed by atoms with Gasteiger partial charge in [-0.1, -0.05) is 18.5 Å². The summed E-state index contributed by atoms with van der Waals surface area (Å²) >= 11 is 7.97. The third-order valence-corrected chi connectivity index (χ3v) is 4.45. The molecule has 0 aliphatic rings. The summed E-state index contributed by atoms with van der Waals surface area (Å²) in [6.07, 6.45) is 1.09. The van der Waals surface area contributed by atoms with Gasteiger partial charge in [0, 0.05) is 20.3 Å². The number of aryl methyl sites for hydroxylation is 1. The van der Waals surface area contributed by atoms with Crippen LogP contribution in [0.3, 0.4) is 0 Å². The van der Waals surface area contributed by atoms with Crippen LogP contribution < -0.4 is 10.1 Å². The molecule has 0 aliphatic heterocycles. The first kappa shape index (κ1) is 15.4. The summed E-state index contributed by atoms with van der Waals surface area (Å²) in [4.78, 5) is 2.60. The molecule has 0 saturated carbocycles. The molecule has 0 aliphatic carbocycles. The predicted molar refractivity (Wildman–Crippen MR) is 87.2 cm³/mol. The minimum atomic E-state index is 0.127. The highest BCUT2D eigenvalue weighted by atomic mass is 35.5. The number of halogens is 1. The first-order valence-corrected chi connectivity index (χ1v) is 7.98. The van der Waals surface area contributed by atoms with E-state index < -0.39 is 0 Å². The second-order valence-corrected chi connectivity index (χ2v) is 6.48. The molecule has 0 spiro atoms. The maximum Gasteiger partial charge on any atom is 0.124 e. The molecule has 1 unspecified atom stereocenters. The van der Waals surface area contributed by atoms with Crippen LogP contribution in [0.4, 0.5) is 0 Å². The van der Waals surface area contributed by atoms with Crippen LogP contribution in [0.2, 0.25) is 5.02 Å². The van der Waals surface area contributed by atoms with Crippen LogP contribution in [-0.2, 0) is 0 Å². The molecule has 108 valence electrons. The van der Waals surface area contributed by atoms with E-state index in [9.17, 15) is 0 Å². The van der Waals surface area contributed by atoms with E-state index in [-0.39, 0.29) is 6.04 Å². The fourth-order valence-corrected chi connectivity index (χ4v) is 3.34. The largest absolute Gasteiger partial charge is 0.496 e. The van der Waals surface area contributed by atoms with E-state index in [4.69, 9.17) is 16.3 Å². The Morgan fingerprint density at radius 3 is 2.70 bits per heavy atom. The summed E-state index contributed by atoms with van der Waals surface area (Å²) in [6.45, 7) is 5.25. The summed E-state index contributed by atoms with van der Waals surface area (Å²) in [5.41, 5.74) is 1.09. The SMILES string of the molecule is CCCNC(c1ccc(C)s1)c1cc(Cl)ccc1OC. The Bertz CT molecular complexity index is 567. The Morgan fingerprint density at radius 1 is 1.30 bits per heavy atom. The van der Waals surface area contributed by atoms with Crippen molar-refractivity contribution >= 4 is 22.9 Å². The second kappa shape index (κ2) is 7.11. The van der Waals surface area contributed by atoms with E-state index in [0.717, 1.165) is 29.3 Å². The van der Waals surface area contributed by atoms with Gasteiger partial charge in [-0.25, -0.2) is 0 Å². The Labute approximate surface area is 129 Å². The van der Waals surface area contributed by atoms with Crippen molar-refractivity contribution < 1.29 is 4.74 Å². The number of hydrogen-bond acceptors (Lipinski definition) is 3. The van der Waals surface area contributed by atoms with Crippen molar-refractivity contribution in [1.82, 2.24) is 5.32 Å². The van der Waals surface area contributed by atoms with E-state index >= 15 is 0 Å². The minimum Gasteiger partial charge on any atom is -0.496 e. The topological polar surface area (TPSA) is 21.3 Å². The lowest BCUT2D eigenvalue weighted by molar-refractivity contribution is 0.404. The van der Waals surface area contributed by atoms with Crippen molar-refractivity contribution in [3.63, 3.8) is 0 Å². The van der Waals surface area contributed by atoms with Gasteiger partial charge in [-0.05, 0) is 50.2 Å². The molecule has 0 amide bonds. The predicted octanol–water partition coefficient (Wildman–Crippen LogP) is 4.81. The van der Waals surface area contributed by atoms with Crippen LogP contribution in [0, 0.1) is 6.92 Å². The minimum absolute atomic E-state index is 0.127. The first-order chi connectivity index (χ1) is 9.65. The van der Waals surface area contributed by atoms with Crippen LogP contribution in [0.25, 0.3) is 0 Å². The Kier molecular flexibility index (Phi) is 5.46. The molecular formula is C16H20ClNOS. The van der Waals surface area contributed by atoms with Crippen molar-refractivity contribution in [2.45, 2.75) is 26.3 Å². The van der Waals surface area contributed by atoms with Gasteiger partial charge in [0.25, 0.3) is 0 Å². The third kappa shape index (κ3) is 3.54. The average Bonchev–Trinajstić information content (AvgIpc) is 2.86. The number of thiophene rings is 1. The van der Waals surface area contributed by atoms with E-state index in [1.807, 2.05) is 18.2 Å². The smallest absolute Gasteiger partial charge is 0.124 e. The van der Waals surface area contributed by atoms with Gasteiger partial charge in [0.15, 0.2) is 0 Å². The molecule has 0 saturated heterocycles. The first-order valence-electron chi connectivity index (χ1n) is 6.79. The maximum atomic E-state index is 6.16. The molecule has 20 heavy (non-hydrogen) atoms. The highest BCUT2D eigenvalue weighted by molar-refractivity contribution is 7.12. The van der Waals surface area contributed by atoms with Crippen molar-refractivity contribution in [1.29, 1.82) is 0 Å². The summed E-state index contributed by atoms with van der Waals surface area (Å²) in [5.74, 6) is 0.869. The lowest BCUT2D eigenvalue weighted by Gasteiger charge is -2.20. The number of ether oxygens (including phenoxy) is 1. The molecule has 4 heteroatoms. The van der Waals surface area contributed by atoms with E-state index in [0.29, 0.717) is 0 Å². The molecule has 1 N–H and O–H groups in total. The quantitative estimate of drug-likeness (QED) is 0.827. The number of methoxy groups -OCH3 is 1. The number of rotatable bonds is 6. The zero-order valence-corrected chi connectivity index (χ0v) is 13.6. The molecule has 1 aromatic carbocycles. The van der Waals surface area contributed by atoms with Crippen molar-refractivity contribution in [2.24, 2.45) is 0 Å². The number of benzene rings is 1.